The molecule has 0 spiro atoms. The van der Waals surface area contributed by atoms with Gasteiger partial charge in [-0.3, -0.25) is 9.69 Å². The van der Waals surface area contributed by atoms with Crippen LogP contribution in [0.3, 0.4) is 0 Å². The van der Waals surface area contributed by atoms with E-state index < -0.39 is 5.97 Å². The van der Waals surface area contributed by atoms with Crippen LogP contribution in [0.15, 0.2) is 0 Å². The molecule has 0 atom stereocenters. The van der Waals surface area contributed by atoms with Crippen molar-refractivity contribution in [2.24, 2.45) is 23.7 Å². The number of hydrogen-bond donors (Lipinski definition) is 1. The maximum atomic E-state index is 11.1. The first-order valence-electron chi connectivity index (χ1n) is 8.12. The number of hydrogen-bond acceptors (Lipinski definition) is 2. The van der Waals surface area contributed by atoms with Crippen LogP contribution in [0.25, 0.3) is 0 Å². The number of likely N-dealkylation sites (tertiary alicyclic amines) is 1. The van der Waals surface area contributed by atoms with E-state index in [9.17, 15) is 4.79 Å². The van der Waals surface area contributed by atoms with Crippen LogP contribution >= 0.6 is 0 Å². The SMILES string of the molecule is O=C(O)C1CCN(C23CC4CC(CC(C4)C2)C3)CC1. The lowest BCUT2D eigenvalue weighted by Crippen LogP contribution is -2.61. The van der Waals surface area contributed by atoms with Gasteiger partial charge in [0.2, 0.25) is 0 Å². The van der Waals surface area contributed by atoms with Gasteiger partial charge in [-0.2, -0.15) is 0 Å². The Kier molecular flexibility index (Phi) is 2.70. The monoisotopic (exact) mass is 263 g/mol. The van der Waals surface area contributed by atoms with Gasteiger partial charge in [0.15, 0.2) is 0 Å². The normalized spacial score (nSPS) is 46.6. The number of rotatable bonds is 2. The summed E-state index contributed by atoms with van der Waals surface area (Å²) < 4.78 is 0. The van der Waals surface area contributed by atoms with E-state index in [2.05, 4.69) is 4.90 Å². The number of carboxylic acid groups (broad SMARTS) is 1. The standard InChI is InChI=1S/C16H25NO2/c18-15(19)14-1-3-17(4-2-14)16-8-11-5-12(9-16)7-13(6-11)10-16/h11-14H,1-10H2,(H,18,19). The number of carboxylic acids is 1. The molecule has 3 nitrogen and oxygen atoms in total. The second kappa shape index (κ2) is 4.21. The molecule has 4 aliphatic carbocycles. The molecule has 1 aliphatic heterocycles. The van der Waals surface area contributed by atoms with E-state index in [0.29, 0.717) is 5.54 Å². The first kappa shape index (κ1) is 12.2. The van der Waals surface area contributed by atoms with Crippen LogP contribution < -0.4 is 0 Å². The fraction of sp³-hybridized carbons (Fsp3) is 0.938. The molecule has 0 aromatic rings. The molecule has 4 saturated carbocycles. The summed E-state index contributed by atoms with van der Waals surface area (Å²) in [6, 6.07) is 0. The highest BCUT2D eigenvalue weighted by atomic mass is 16.4. The van der Waals surface area contributed by atoms with Gasteiger partial charge >= 0.3 is 5.97 Å². The Bertz CT molecular complexity index is 349. The van der Waals surface area contributed by atoms with Gasteiger partial charge in [-0.15, -0.1) is 0 Å². The summed E-state index contributed by atoms with van der Waals surface area (Å²) in [4.78, 5) is 13.8. The van der Waals surface area contributed by atoms with Gasteiger partial charge < -0.3 is 5.11 Å². The van der Waals surface area contributed by atoms with Gasteiger partial charge in [0, 0.05) is 5.54 Å². The van der Waals surface area contributed by atoms with Crippen molar-refractivity contribution >= 4 is 5.97 Å². The van der Waals surface area contributed by atoms with Gasteiger partial charge in [-0.1, -0.05) is 0 Å². The van der Waals surface area contributed by atoms with Crippen LogP contribution in [0, 0.1) is 23.7 Å². The first-order valence-corrected chi connectivity index (χ1v) is 8.12. The summed E-state index contributed by atoms with van der Waals surface area (Å²) in [5, 5.41) is 9.14. The molecule has 1 heterocycles. The van der Waals surface area contributed by atoms with Crippen LogP contribution in [-0.4, -0.2) is 34.6 Å². The zero-order valence-electron chi connectivity index (χ0n) is 11.7. The molecule has 4 bridgehead atoms. The number of aliphatic carboxylic acids is 1. The lowest BCUT2D eigenvalue weighted by molar-refractivity contribution is -0.146. The van der Waals surface area contributed by atoms with Crippen LogP contribution in [0.5, 0.6) is 0 Å². The smallest absolute Gasteiger partial charge is 0.306 e. The van der Waals surface area contributed by atoms with Crippen LogP contribution in [0.2, 0.25) is 0 Å². The molecule has 0 unspecified atom stereocenters. The second-order valence-electron chi connectivity index (χ2n) is 7.74. The molecule has 0 radical (unpaired) electrons. The average molecular weight is 263 g/mol. The molecule has 5 fully saturated rings. The Morgan fingerprint density at radius 2 is 1.42 bits per heavy atom. The van der Waals surface area contributed by atoms with Gasteiger partial charge in [0.25, 0.3) is 0 Å². The predicted molar refractivity (Wildman–Crippen MR) is 72.8 cm³/mol. The average Bonchev–Trinajstić information content (AvgIpc) is 2.37. The molecule has 1 saturated heterocycles. The third kappa shape index (κ3) is 1.93. The summed E-state index contributed by atoms with van der Waals surface area (Å²) in [7, 11) is 0. The molecule has 5 rings (SSSR count). The van der Waals surface area contributed by atoms with Crippen molar-refractivity contribution in [2.75, 3.05) is 13.1 Å². The second-order valence-corrected chi connectivity index (χ2v) is 7.74. The fourth-order valence-electron chi connectivity index (χ4n) is 6.05. The number of carbonyl (C=O) groups is 1. The van der Waals surface area contributed by atoms with Crippen molar-refractivity contribution in [1.29, 1.82) is 0 Å². The maximum absolute atomic E-state index is 11.1. The Morgan fingerprint density at radius 3 is 1.84 bits per heavy atom. The molecule has 1 N–H and O–H groups in total. The zero-order chi connectivity index (χ0) is 13.0. The highest BCUT2D eigenvalue weighted by Crippen LogP contribution is 2.58. The van der Waals surface area contributed by atoms with Crippen molar-refractivity contribution in [3.05, 3.63) is 0 Å². The number of piperidine rings is 1. The molecule has 0 aromatic carbocycles. The molecule has 106 valence electrons. The largest absolute Gasteiger partial charge is 0.481 e. The molecule has 3 heteroatoms. The van der Waals surface area contributed by atoms with E-state index in [0.717, 1.165) is 43.7 Å². The minimum absolute atomic E-state index is 0.0786. The number of nitrogens with zero attached hydrogens (tertiary/aromatic N) is 1. The third-order valence-corrected chi connectivity index (χ3v) is 6.52. The minimum atomic E-state index is -0.579. The maximum Gasteiger partial charge on any atom is 0.306 e. The fourth-order valence-corrected chi connectivity index (χ4v) is 6.05. The minimum Gasteiger partial charge on any atom is -0.481 e. The van der Waals surface area contributed by atoms with Crippen molar-refractivity contribution in [3.8, 4) is 0 Å². The van der Waals surface area contributed by atoms with Gasteiger partial charge in [-0.25, -0.2) is 0 Å². The summed E-state index contributed by atoms with van der Waals surface area (Å²) in [5.74, 6) is 2.31. The molecule has 0 amide bonds. The quantitative estimate of drug-likeness (QED) is 0.833. The summed E-state index contributed by atoms with van der Waals surface area (Å²) >= 11 is 0. The van der Waals surface area contributed by atoms with Gasteiger partial charge in [-0.05, 0) is 82.2 Å². The summed E-state index contributed by atoms with van der Waals surface area (Å²) in [6.07, 6.45) is 10.5. The Labute approximate surface area is 115 Å². The van der Waals surface area contributed by atoms with E-state index in [1.165, 1.54) is 38.5 Å². The van der Waals surface area contributed by atoms with E-state index in [1.807, 2.05) is 0 Å². The lowest BCUT2D eigenvalue weighted by atomic mass is 9.52. The Hall–Kier alpha value is -0.570. The van der Waals surface area contributed by atoms with Crippen molar-refractivity contribution in [1.82, 2.24) is 4.90 Å². The van der Waals surface area contributed by atoms with Crippen LogP contribution in [0.4, 0.5) is 0 Å². The van der Waals surface area contributed by atoms with Crippen LogP contribution in [0.1, 0.15) is 51.4 Å². The Morgan fingerprint density at radius 1 is 0.947 bits per heavy atom. The highest BCUT2D eigenvalue weighted by Gasteiger charge is 2.53. The van der Waals surface area contributed by atoms with Crippen LogP contribution in [-0.2, 0) is 4.79 Å². The van der Waals surface area contributed by atoms with Crippen molar-refractivity contribution in [2.45, 2.75) is 56.9 Å². The van der Waals surface area contributed by atoms with E-state index in [4.69, 9.17) is 5.11 Å². The highest BCUT2D eigenvalue weighted by molar-refractivity contribution is 5.70. The summed E-state index contributed by atoms with van der Waals surface area (Å²) in [5.41, 5.74) is 0.484. The topological polar surface area (TPSA) is 40.5 Å². The first-order chi connectivity index (χ1) is 9.14. The molecular formula is C16H25NO2. The Balaban J connectivity index is 1.49. The predicted octanol–water partition coefficient (Wildman–Crippen LogP) is 2.75. The zero-order valence-corrected chi connectivity index (χ0v) is 11.7. The van der Waals surface area contributed by atoms with E-state index >= 15 is 0 Å². The van der Waals surface area contributed by atoms with Crippen molar-refractivity contribution < 1.29 is 9.90 Å². The summed E-state index contributed by atoms with van der Waals surface area (Å²) in [6.45, 7) is 2.06. The molecule has 0 aromatic heterocycles. The molecule has 19 heavy (non-hydrogen) atoms. The van der Waals surface area contributed by atoms with E-state index in [1.54, 1.807) is 0 Å². The van der Waals surface area contributed by atoms with Gasteiger partial charge in [0.1, 0.15) is 0 Å². The molecule has 5 aliphatic rings. The molecular weight excluding hydrogens is 238 g/mol. The van der Waals surface area contributed by atoms with E-state index in [-0.39, 0.29) is 5.92 Å². The van der Waals surface area contributed by atoms with Crippen molar-refractivity contribution in [3.63, 3.8) is 0 Å². The lowest BCUT2D eigenvalue weighted by Gasteiger charge is -2.61. The third-order valence-electron chi connectivity index (χ3n) is 6.52. The van der Waals surface area contributed by atoms with Gasteiger partial charge in [0.05, 0.1) is 5.92 Å².